The van der Waals surface area contributed by atoms with Gasteiger partial charge in [-0.2, -0.15) is 0 Å². The summed E-state index contributed by atoms with van der Waals surface area (Å²) in [6, 6.07) is 2.09. The zero-order chi connectivity index (χ0) is 10.3. The summed E-state index contributed by atoms with van der Waals surface area (Å²) >= 11 is 0. The largest absolute Gasteiger partial charge is 0.295 e. The molecule has 1 aliphatic carbocycles. The van der Waals surface area contributed by atoms with Crippen LogP contribution in [0.3, 0.4) is 0 Å². The average Bonchev–Trinajstić information content (AvgIpc) is 2.47. The lowest BCUT2D eigenvalue weighted by Crippen LogP contribution is -1.97. The van der Waals surface area contributed by atoms with Crippen LogP contribution in [0.1, 0.15) is 18.1 Å². The smallest absolute Gasteiger partial charge is 0.156 e. The van der Waals surface area contributed by atoms with E-state index >= 15 is 0 Å². The van der Waals surface area contributed by atoms with Gasteiger partial charge < -0.3 is 0 Å². The zero-order valence-electron chi connectivity index (χ0n) is 7.60. The van der Waals surface area contributed by atoms with Gasteiger partial charge >= 0.3 is 0 Å². The molecule has 0 unspecified atom stereocenters. The van der Waals surface area contributed by atoms with Crippen LogP contribution in [0.4, 0.5) is 8.78 Å². The van der Waals surface area contributed by atoms with Crippen LogP contribution < -0.4 is 0 Å². The molecular formula is C11H8F2O. The second-order valence-electron chi connectivity index (χ2n) is 3.36. The van der Waals surface area contributed by atoms with Crippen LogP contribution in [-0.2, 0) is 11.2 Å². The Bertz CT molecular complexity index is 447. The lowest BCUT2D eigenvalue weighted by atomic mass is 10.1. The summed E-state index contributed by atoms with van der Waals surface area (Å²) in [6.45, 7) is 1.42. The Balaban J connectivity index is 2.51. The fraction of sp³-hybridized carbons (Fsp3) is 0.182. The molecule has 0 atom stereocenters. The Hall–Kier alpha value is -1.51. The number of carbonyl (C=O) groups excluding carboxylic acids is 1. The van der Waals surface area contributed by atoms with Gasteiger partial charge in [0, 0.05) is 12.5 Å². The maximum Gasteiger partial charge on any atom is 0.156 e. The van der Waals surface area contributed by atoms with E-state index in [0.717, 1.165) is 6.07 Å². The molecular weight excluding hydrogens is 186 g/mol. The summed E-state index contributed by atoms with van der Waals surface area (Å²) < 4.78 is 26.0. The Labute approximate surface area is 80.1 Å². The van der Waals surface area contributed by atoms with Gasteiger partial charge in [0.05, 0.1) is 0 Å². The highest BCUT2D eigenvalue weighted by Gasteiger charge is 2.19. The molecule has 0 heterocycles. The summed E-state index contributed by atoms with van der Waals surface area (Å²) in [5.41, 5.74) is 1.42. The molecule has 1 aromatic rings. The maximum absolute atomic E-state index is 13.2. The third-order valence-corrected chi connectivity index (χ3v) is 2.34. The summed E-state index contributed by atoms with van der Waals surface area (Å²) in [4.78, 5) is 11.0. The van der Waals surface area contributed by atoms with Crippen LogP contribution in [0.5, 0.6) is 0 Å². The fourth-order valence-electron chi connectivity index (χ4n) is 1.59. The minimum absolute atomic E-state index is 0.0963. The van der Waals surface area contributed by atoms with Crippen LogP contribution in [0.25, 0.3) is 6.08 Å². The first kappa shape index (κ1) is 9.06. The minimum atomic E-state index is -0.609. The van der Waals surface area contributed by atoms with Crippen molar-refractivity contribution in [2.45, 2.75) is 13.3 Å². The Morgan fingerprint density at radius 1 is 1.36 bits per heavy atom. The van der Waals surface area contributed by atoms with E-state index in [0.29, 0.717) is 16.7 Å². The van der Waals surface area contributed by atoms with Crippen LogP contribution >= 0.6 is 0 Å². The van der Waals surface area contributed by atoms with E-state index in [-0.39, 0.29) is 12.2 Å². The van der Waals surface area contributed by atoms with Gasteiger partial charge in [0.1, 0.15) is 11.6 Å². The lowest BCUT2D eigenvalue weighted by Gasteiger charge is -2.00. The molecule has 0 saturated heterocycles. The maximum atomic E-state index is 13.2. The van der Waals surface area contributed by atoms with Gasteiger partial charge in [0.15, 0.2) is 5.78 Å². The van der Waals surface area contributed by atoms with Crippen molar-refractivity contribution in [1.82, 2.24) is 0 Å². The highest BCUT2D eigenvalue weighted by Crippen LogP contribution is 2.28. The van der Waals surface area contributed by atoms with E-state index in [1.807, 2.05) is 0 Å². The van der Waals surface area contributed by atoms with Crippen LogP contribution in [-0.4, -0.2) is 5.78 Å². The van der Waals surface area contributed by atoms with E-state index in [4.69, 9.17) is 0 Å². The quantitative estimate of drug-likeness (QED) is 0.671. The summed E-state index contributed by atoms with van der Waals surface area (Å²) in [5, 5.41) is 0. The normalized spacial score (nSPS) is 13.8. The topological polar surface area (TPSA) is 17.1 Å². The van der Waals surface area contributed by atoms with Gasteiger partial charge in [0.2, 0.25) is 0 Å². The second-order valence-corrected chi connectivity index (χ2v) is 3.36. The van der Waals surface area contributed by atoms with Gasteiger partial charge in [-0.1, -0.05) is 0 Å². The van der Waals surface area contributed by atoms with Gasteiger partial charge in [-0.15, -0.1) is 0 Å². The van der Waals surface area contributed by atoms with Gasteiger partial charge in [0.25, 0.3) is 0 Å². The van der Waals surface area contributed by atoms with Crippen molar-refractivity contribution in [2.24, 2.45) is 0 Å². The van der Waals surface area contributed by atoms with Crippen LogP contribution in [0.2, 0.25) is 0 Å². The molecule has 0 N–H and O–H groups in total. The van der Waals surface area contributed by atoms with Crippen molar-refractivity contribution in [3.05, 3.63) is 40.5 Å². The van der Waals surface area contributed by atoms with Crippen molar-refractivity contribution in [1.29, 1.82) is 0 Å². The first-order valence-corrected chi connectivity index (χ1v) is 4.27. The molecule has 0 aliphatic heterocycles. The number of ketones is 1. The summed E-state index contributed by atoms with van der Waals surface area (Å²) in [7, 11) is 0. The summed E-state index contributed by atoms with van der Waals surface area (Å²) in [6.07, 6.45) is 1.82. The average molecular weight is 194 g/mol. The van der Waals surface area contributed by atoms with Gasteiger partial charge in [-0.05, 0) is 35.8 Å². The molecule has 1 nitrogen and oxygen atoms in total. The molecule has 0 saturated carbocycles. The Morgan fingerprint density at radius 3 is 2.71 bits per heavy atom. The van der Waals surface area contributed by atoms with Crippen molar-refractivity contribution >= 4 is 11.9 Å². The molecule has 3 heteroatoms. The third kappa shape index (κ3) is 1.35. The molecule has 0 amide bonds. The lowest BCUT2D eigenvalue weighted by molar-refractivity contribution is -0.113. The third-order valence-electron chi connectivity index (χ3n) is 2.34. The van der Waals surface area contributed by atoms with Gasteiger partial charge in [-0.3, -0.25) is 4.79 Å². The molecule has 2 rings (SSSR count). The van der Waals surface area contributed by atoms with E-state index in [1.165, 1.54) is 13.0 Å². The van der Waals surface area contributed by atoms with Crippen molar-refractivity contribution in [3.63, 3.8) is 0 Å². The number of hydrogen-bond acceptors (Lipinski definition) is 1. The fourth-order valence-corrected chi connectivity index (χ4v) is 1.59. The SMILES string of the molecule is CC(=O)C1=Cc2cc(F)cc(F)c2C1. The van der Waals surface area contributed by atoms with Crippen molar-refractivity contribution in [2.75, 3.05) is 0 Å². The number of Topliss-reactive ketones (excluding diaryl/α,β-unsaturated/α-hetero) is 1. The number of rotatable bonds is 1. The predicted molar refractivity (Wildman–Crippen MR) is 48.7 cm³/mol. The summed E-state index contributed by atoms with van der Waals surface area (Å²) in [5.74, 6) is -1.28. The monoisotopic (exact) mass is 194 g/mol. The van der Waals surface area contributed by atoms with Gasteiger partial charge in [-0.25, -0.2) is 8.78 Å². The molecule has 0 radical (unpaired) electrons. The van der Waals surface area contributed by atoms with Crippen LogP contribution in [0, 0.1) is 11.6 Å². The first-order chi connectivity index (χ1) is 6.58. The first-order valence-electron chi connectivity index (χ1n) is 4.27. The Kier molecular flexibility index (Phi) is 1.95. The predicted octanol–water partition coefficient (Wildman–Crippen LogP) is 2.49. The van der Waals surface area contributed by atoms with Crippen molar-refractivity contribution in [3.8, 4) is 0 Å². The molecule has 14 heavy (non-hydrogen) atoms. The number of carbonyl (C=O) groups is 1. The standard InChI is InChI=1S/C11H8F2O/c1-6(14)7-2-8-3-9(12)5-11(13)10(8)4-7/h2-3,5H,4H2,1H3. The second kappa shape index (κ2) is 3.01. The van der Waals surface area contributed by atoms with Crippen LogP contribution in [0.15, 0.2) is 17.7 Å². The number of benzene rings is 1. The molecule has 1 aliphatic rings. The van der Waals surface area contributed by atoms with E-state index in [1.54, 1.807) is 6.08 Å². The minimum Gasteiger partial charge on any atom is -0.295 e. The molecule has 72 valence electrons. The molecule has 0 fully saturated rings. The van der Waals surface area contributed by atoms with E-state index in [9.17, 15) is 13.6 Å². The molecule has 0 bridgehead atoms. The molecule has 1 aromatic carbocycles. The highest BCUT2D eigenvalue weighted by atomic mass is 19.1. The van der Waals surface area contributed by atoms with E-state index in [2.05, 4.69) is 0 Å². The van der Waals surface area contributed by atoms with E-state index < -0.39 is 11.6 Å². The highest BCUT2D eigenvalue weighted by molar-refractivity contribution is 6.00. The Morgan fingerprint density at radius 2 is 2.07 bits per heavy atom. The number of hydrogen-bond donors (Lipinski definition) is 0. The van der Waals surface area contributed by atoms with Crippen molar-refractivity contribution < 1.29 is 13.6 Å². The number of fused-ring (bicyclic) bond motifs is 1. The molecule has 0 spiro atoms. The zero-order valence-corrected chi connectivity index (χ0v) is 7.60. The number of halogens is 2. The molecule has 0 aromatic heterocycles. The number of allylic oxidation sites excluding steroid dienone is 1.